The van der Waals surface area contributed by atoms with Gasteiger partial charge >= 0.3 is 0 Å². The van der Waals surface area contributed by atoms with Gasteiger partial charge in [0.25, 0.3) is 0 Å². The number of carbonyl (C=O) groups excluding carboxylic acids is 1. The molecule has 0 radical (unpaired) electrons. The van der Waals surface area contributed by atoms with Crippen molar-refractivity contribution >= 4 is 15.7 Å². The van der Waals surface area contributed by atoms with Gasteiger partial charge in [0.2, 0.25) is 5.91 Å². The van der Waals surface area contributed by atoms with Crippen molar-refractivity contribution in [1.82, 2.24) is 14.5 Å². The maximum absolute atomic E-state index is 13.1. The molecule has 1 unspecified atom stereocenters. The third-order valence-corrected chi connectivity index (χ3v) is 6.58. The number of hydrogen-bond donors (Lipinski definition) is 0. The van der Waals surface area contributed by atoms with Gasteiger partial charge in [-0.05, 0) is 60.0 Å². The molecule has 1 aliphatic rings. The Labute approximate surface area is 176 Å². The summed E-state index contributed by atoms with van der Waals surface area (Å²) in [6.45, 7) is 0.360. The first-order chi connectivity index (χ1) is 14.5. The Morgan fingerprint density at radius 2 is 1.73 bits per heavy atom. The second-order valence-corrected chi connectivity index (χ2v) is 9.29. The molecule has 0 aliphatic carbocycles. The smallest absolute Gasteiger partial charge is 0.223 e. The van der Waals surface area contributed by atoms with Crippen molar-refractivity contribution in [2.45, 2.75) is 25.4 Å². The van der Waals surface area contributed by atoms with E-state index in [2.05, 4.69) is 4.98 Å². The van der Waals surface area contributed by atoms with E-state index in [4.69, 9.17) is 0 Å². The molecule has 0 bridgehead atoms. The highest BCUT2D eigenvalue weighted by Crippen LogP contribution is 2.20. The van der Waals surface area contributed by atoms with E-state index >= 15 is 0 Å². The van der Waals surface area contributed by atoms with Crippen LogP contribution < -0.4 is 0 Å². The van der Waals surface area contributed by atoms with E-state index in [-0.39, 0.29) is 11.7 Å². The van der Waals surface area contributed by atoms with Crippen LogP contribution in [-0.2, 0) is 27.6 Å². The molecule has 4 rings (SSSR count). The lowest BCUT2D eigenvalue weighted by molar-refractivity contribution is -0.132. The zero-order chi connectivity index (χ0) is 21.0. The molecule has 2 aromatic heterocycles. The van der Waals surface area contributed by atoms with Crippen LogP contribution in [-0.4, -0.2) is 40.6 Å². The van der Waals surface area contributed by atoms with Gasteiger partial charge in [0.05, 0.1) is 11.8 Å². The Kier molecular flexibility index (Phi) is 5.81. The fourth-order valence-corrected chi connectivity index (χ4v) is 4.86. The Hall–Kier alpha value is -3.19. The van der Waals surface area contributed by atoms with Crippen LogP contribution in [0.1, 0.15) is 17.5 Å². The number of nitrogens with zero attached hydrogens (tertiary/aromatic N) is 3. The number of amides is 1. The number of aromatic nitrogens is 2. The Balaban J connectivity index is 1.44. The lowest BCUT2D eigenvalue weighted by atomic mass is 10.1. The van der Waals surface area contributed by atoms with Gasteiger partial charge in [0, 0.05) is 48.8 Å². The molecule has 7 heteroatoms. The summed E-state index contributed by atoms with van der Waals surface area (Å²) in [5, 5.41) is 1.21. The minimum atomic E-state index is -3.25. The highest BCUT2D eigenvalue weighted by atomic mass is 32.2. The van der Waals surface area contributed by atoms with Gasteiger partial charge in [-0.2, -0.15) is 0 Å². The van der Waals surface area contributed by atoms with E-state index in [1.54, 1.807) is 23.4 Å². The van der Waals surface area contributed by atoms with Gasteiger partial charge in [0.1, 0.15) is 0 Å². The fourth-order valence-electron chi connectivity index (χ4n) is 3.56. The molecular weight excluding hydrogens is 398 g/mol. The monoisotopic (exact) mass is 421 g/mol. The number of hydrogen-bond acceptors (Lipinski definition) is 4. The van der Waals surface area contributed by atoms with Crippen molar-refractivity contribution in [3.63, 3.8) is 0 Å². The topological polar surface area (TPSA) is 72.3 Å². The van der Waals surface area contributed by atoms with Crippen molar-refractivity contribution < 1.29 is 13.2 Å². The highest BCUT2D eigenvalue weighted by molar-refractivity contribution is 7.94. The molecule has 0 spiro atoms. The second-order valence-electron chi connectivity index (χ2n) is 7.36. The molecule has 1 aliphatic heterocycles. The molecule has 0 saturated carbocycles. The molecule has 1 amide bonds. The first-order valence-electron chi connectivity index (χ1n) is 9.82. The summed E-state index contributed by atoms with van der Waals surface area (Å²) in [6, 6.07) is 15.3. The van der Waals surface area contributed by atoms with Crippen molar-refractivity contribution in [1.29, 1.82) is 0 Å². The SMILES string of the molecule is O=C(CCc1ccc(-n2cccc2)cc1)N(Cc1ccncc1)C1C=CS(=O)(=O)C1. The number of carbonyl (C=O) groups is 1. The summed E-state index contributed by atoms with van der Waals surface area (Å²) in [4.78, 5) is 18.7. The second kappa shape index (κ2) is 8.67. The number of pyridine rings is 1. The van der Waals surface area contributed by atoms with Gasteiger partial charge < -0.3 is 9.47 Å². The third kappa shape index (κ3) is 4.86. The van der Waals surface area contributed by atoms with Crippen molar-refractivity contribution in [2.24, 2.45) is 0 Å². The number of benzene rings is 1. The van der Waals surface area contributed by atoms with Crippen molar-refractivity contribution in [2.75, 3.05) is 5.75 Å². The van der Waals surface area contributed by atoms with E-state index in [0.29, 0.717) is 19.4 Å². The number of rotatable bonds is 7. The average Bonchev–Trinajstić information content (AvgIpc) is 3.41. The van der Waals surface area contributed by atoms with Crippen LogP contribution in [0.2, 0.25) is 0 Å². The predicted molar refractivity (Wildman–Crippen MR) is 116 cm³/mol. The lowest BCUT2D eigenvalue weighted by Gasteiger charge is -2.28. The summed E-state index contributed by atoms with van der Waals surface area (Å²) in [5.74, 6) is -0.122. The van der Waals surface area contributed by atoms with Crippen molar-refractivity contribution in [3.05, 3.63) is 95.9 Å². The lowest BCUT2D eigenvalue weighted by Crippen LogP contribution is -2.40. The predicted octanol–water partition coefficient (Wildman–Crippen LogP) is 3.14. The van der Waals surface area contributed by atoms with E-state index in [0.717, 1.165) is 16.8 Å². The maximum Gasteiger partial charge on any atom is 0.223 e. The quantitative estimate of drug-likeness (QED) is 0.588. The molecular formula is C23H23N3O3S. The van der Waals surface area contributed by atoms with Gasteiger partial charge in [-0.15, -0.1) is 0 Å². The van der Waals surface area contributed by atoms with Gasteiger partial charge in [-0.3, -0.25) is 9.78 Å². The van der Waals surface area contributed by atoms with Gasteiger partial charge in [-0.25, -0.2) is 8.42 Å². The molecule has 0 fully saturated rings. The molecule has 0 N–H and O–H groups in total. The number of sulfone groups is 1. The maximum atomic E-state index is 13.1. The molecule has 154 valence electrons. The number of aryl methyl sites for hydroxylation is 1. The van der Waals surface area contributed by atoms with Crippen LogP contribution in [0.25, 0.3) is 5.69 Å². The van der Waals surface area contributed by atoms with Crippen molar-refractivity contribution in [3.8, 4) is 5.69 Å². The van der Waals surface area contributed by atoms with Crippen LogP contribution in [0, 0.1) is 0 Å². The summed E-state index contributed by atoms with van der Waals surface area (Å²) < 4.78 is 25.8. The molecule has 6 nitrogen and oxygen atoms in total. The van der Waals surface area contributed by atoms with E-state index in [1.165, 1.54) is 5.41 Å². The van der Waals surface area contributed by atoms with Crippen LogP contribution >= 0.6 is 0 Å². The van der Waals surface area contributed by atoms with E-state index in [1.807, 2.05) is 65.5 Å². The van der Waals surface area contributed by atoms with E-state index in [9.17, 15) is 13.2 Å². The molecule has 3 heterocycles. The first kappa shape index (κ1) is 20.1. The van der Waals surface area contributed by atoms with E-state index < -0.39 is 15.9 Å². The zero-order valence-corrected chi connectivity index (χ0v) is 17.3. The molecule has 3 aromatic rings. The minimum absolute atomic E-state index is 0.0601. The Morgan fingerprint density at radius 3 is 2.37 bits per heavy atom. The molecule has 0 saturated heterocycles. The summed E-state index contributed by atoms with van der Waals surface area (Å²) >= 11 is 0. The molecule has 1 aromatic carbocycles. The molecule has 1 atom stereocenters. The van der Waals surface area contributed by atoms with Gasteiger partial charge in [-0.1, -0.05) is 12.1 Å². The van der Waals surface area contributed by atoms with Crippen LogP contribution in [0.4, 0.5) is 0 Å². The standard InChI is InChI=1S/C23H23N3O3S/c27-23(8-5-19-3-6-21(7-4-19)25-14-1-2-15-25)26(17-20-9-12-24-13-10-20)22-11-16-30(28,29)18-22/h1-4,6-7,9-16,22H,5,8,17-18H2. The fraction of sp³-hybridized carbons (Fsp3) is 0.217. The summed E-state index contributed by atoms with van der Waals surface area (Å²) in [6.07, 6.45) is 9.84. The Bertz CT molecular complexity index is 1120. The largest absolute Gasteiger partial charge is 0.331 e. The van der Waals surface area contributed by atoms with Crippen LogP contribution in [0.3, 0.4) is 0 Å². The normalized spacial score (nSPS) is 17.1. The minimum Gasteiger partial charge on any atom is -0.331 e. The average molecular weight is 422 g/mol. The van der Waals surface area contributed by atoms with Crippen LogP contribution in [0.15, 0.2) is 84.8 Å². The van der Waals surface area contributed by atoms with Crippen LogP contribution in [0.5, 0.6) is 0 Å². The Morgan fingerprint density at radius 1 is 1.03 bits per heavy atom. The summed E-state index contributed by atoms with van der Waals surface area (Å²) in [7, 11) is -3.25. The highest BCUT2D eigenvalue weighted by Gasteiger charge is 2.30. The molecule has 30 heavy (non-hydrogen) atoms. The van der Waals surface area contributed by atoms with Gasteiger partial charge in [0.15, 0.2) is 9.84 Å². The third-order valence-electron chi connectivity index (χ3n) is 5.20. The first-order valence-corrected chi connectivity index (χ1v) is 11.5. The summed E-state index contributed by atoms with van der Waals surface area (Å²) in [5.41, 5.74) is 3.06. The zero-order valence-electron chi connectivity index (χ0n) is 16.5.